The molecule has 7 heteroatoms. The molecule has 3 rings (SSSR count). The average Bonchev–Trinajstić information content (AvgIpc) is 2.85. The number of ketones is 1. The fraction of sp³-hybridized carbons (Fsp3) is 0.571. The van der Waals surface area contributed by atoms with Crippen LogP contribution in [0, 0.1) is 11.8 Å². The smallest absolute Gasteiger partial charge is 0.306 e. The normalized spacial score (nSPS) is 29.6. The SMILES string of the molecule is [B]C(=O)N1C(Cc2ccccc2)C(CC2CC(=O)CCC2C(=O)O)OC1(C)C. The van der Waals surface area contributed by atoms with E-state index in [-0.39, 0.29) is 30.3 Å². The van der Waals surface area contributed by atoms with Gasteiger partial charge in [0.05, 0.1) is 18.1 Å². The van der Waals surface area contributed by atoms with E-state index < -0.39 is 23.4 Å². The summed E-state index contributed by atoms with van der Waals surface area (Å²) in [6, 6.07) is 9.42. The lowest BCUT2D eigenvalue weighted by Gasteiger charge is -2.34. The Morgan fingerprint density at radius 1 is 1.29 bits per heavy atom. The van der Waals surface area contributed by atoms with Gasteiger partial charge in [-0.1, -0.05) is 30.3 Å². The largest absolute Gasteiger partial charge is 0.481 e. The van der Waals surface area contributed by atoms with E-state index in [1.807, 2.05) is 30.3 Å². The molecule has 1 amide bonds. The Morgan fingerprint density at radius 2 is 1.96 bits per heavy atom. The number of carboxylic acid groups (broad SMARTS) is 1. The second-order valence-corrected chi connectivity index (χ2v) is 8.29. The molecule has 1 aliphatic heterocycles. The van der Waals surface area contributed by atoms with E-state index in [1.165, 1.54) is 0 Å². The molecule has 28 heavy (non-hydrogen) atoms. The molecule has 2 fully saturated rings. The summed E-state index contributed by atoms with van der Waals surface area (Å²) in [5.41, 5.74) is 0.146. The highest BCUT2D eigenvalue weighted by atomic mass is 16.5. The van der Waals surface area contributed by atoms with E-state index in [0.29, 0.717) is 25.7 Å². The molecule has 1 aromatic rings. The van der Waals surface area contributed by atoms with Crippen LogP contribution in [0.5, 0.6) is 0 Å². The molecule has 1 N–H and O–H groups in total. The van der Waals surface area contributed by atoms with Crippen molar-refractivity contribution in [3.8, 4) is 0 Å². The first-order chi connectivity index (χ1) is 13.2. The molecular formula is C21H26BNO5. The average molecular weight is 383 g/mol. The Labute approximate surface area is 166 Å². The number of amides is 1. The predicted octanol–water partition coefficient (Wildman–Crippen LogP) is 2.78. The van der Waals surface area contributed by atoms with E-state index in [4.69, 9.17) is 12.6 Å². The minimum Gasteiger partial charge on any atom is -0.481 e. The molecule has 6 nitrogen and oxygen atoms in total. The van der Waals surface area contributed by atoms with Crippen LogP contribution in [-0.4, -0.2) is 53.3 Å². The highest BCUT2D eigenvalue weighted by Crippen LogP contribution is 2.40. The molecule has 4 atom stereocenters. The molecule has 0 spiro atoms. The summed E-state index contributed by atoms with van der Waals surface area (Å²) >= 11 is 0. The number of carbonyl (C=O) groups excluding carboxylic acids is 2. The second-order valence-electron chi connectivity index (χ2n) is 8.29. The number of hydrogen-bond acceptors (Lipinski definition) is 4. The zero-order valence-electron chi connectivity index (χ0n) is 16.3. The molecule has 148 valence electrons. The summed E-state index contributed by atoms with van der Waals surface area (Å²) in [5.74, 6) is -2.22. The van der Waals surface area contributed by atoms with Crippen molar-refractivity contribution in [3.63, 3.8) is 0 Å². The van der Waals surface area contributed by atoms with Crippen LogP contribution < -0.4 is 0 Å². The third-order valence-corrected chi connectivity index (χ3v) is 5.95. The molecule has 1 heterocycles. The Bertz CT molecular complexity index is 750. The van der Waals surface area contributed by atoms with Gasteiger partial charge in [0.15, 0.2) is 5.81 Å². The van der Waals surface area contributed by atoms with Crippen LogP contribution in [0.15, 0.2) is 30.3 Å². The Kier molecular flexibility index (Phi) is 5.94. The van der Waals surface area contributed by atoms with Crippen molar-refractivity contribution < 1.29 is 24.2 Å². The lowest BCUT2D eigenvalue weighted by Crippen LogP contribution is -2.49. The van der Waals surface area contributed by atoms with Crippen LogP contribution in [0.2, 0.25) is 0 Å². The van der Waals surface area contributed by atoms with E-state index in [0.717, 1.165) is 5.56 Å². The van der Waals surface area contributed by atoms with Gasteiger partial charge in [0, 0.05) is 12.8 Å². The van der Waals surface area contributed by atoms with Gasteiger partial charge >= 0.3 is 5.97 Å². The van der Waals surface area contributed by atoms with Gasteiger partial charge in [0.1, 0.15) is 11.5 Å². The summed E-state index contributed by atoms with van der Waals surface area (Å²) in [5, 5.41) is 9.58. The van der Waals surface area contributed by atoms with Gasteiger partial charge in [0.25, 0.3) is 0 Å². The van der Waals surface area contributed by atoms with Crippen molar-refractivity contribution >= 4 is 25.4 Å². The summed E-state index contributed by atoms with van der Waals surface area (Å²) < 4.78 is 6.19. The van der Waals surface area contributed by atoms with Gasteiger partial charge in [0.2, 0.25) is 7.85 Å². The topological polar surface area (TPSA) is 83.9 Å². The summed E-state index contributed by atoms with van der Waals surface area (Å²) in [4.78, 5) is 37.4. The quantitative estimate of drug-likeness (QED) is 0.791. The van der Waals surface area contributed by atoms with Crippen LogP contribution in [-0.2, 0) is 20.7 Å². The number of Topliss-reactive ketones (excluding diaryl/α,β-unsaturated/α-hetero) is 1. The summed E-state index contributed by atoms with van der Waals surface area (Å²) in [6.45, 7) is 3.58. The van der Waals surface area contributed by atoms with E-state index in [9.17, 15) is 19.5 Å². The zero-order chi connectivity index (χ0) is 20.5. The third-order valence-electron chi connectivity index (χ3n) is 5.95. The van der Waals surface area contributed by atoms with Gasteiger partial charge < -0.3 is 14.7 Å². The van der Waals surface area contributed by atoms with E-state index >= 15 is 0 Å². The summed E-state index contributed by atoms with van der Waals surface area (Å²) in [7, 11) is 5.67. The maximum Gasteiger partial charge on any atom is 0.306 e. The first-order valence-corrected chi connectivity index (χ1v) is 9.74. The molecule has 1 saturated heterocycles. The number of rotatable bonds is 5. The highest BCUT2D eigenvalue weighted by molar-refractivity contribution is 6.57. The van der Waals surface area contributed by atoms with Crippen molar-refractivity contribution in [2.75, 3.05) is 0 Å². The van der Waals surface area contributed by atoms with Gasteiger partial charge in [-0.2, -0.15) is 0 Å². The highest BCUT2D eigenvalue weighted by Gasteiger charge is 2.49. The lowest BCUT2D eigenvalue weighted by atomic mass is 9.75. The van der Waals surface area contributed by atoms with Crippen LogP contribution in [0.1, 0.15) is 45.1 Å². The number of carboxylic acids is 1. The first-order valence-electron chi connectivity index (χ1n) is 9.74. The van der Waals surface area contributed by atoms with Crippen LogP contribution in [0.4, 0.5) is 4.79 Å². The van der Waals surface area contributed by atoms with Crippen molar-refractivity contribution in [2.24, 2.45) is 11.8 Å². The van der Waals surface area contributed by atoms with Crippen LogP contribution >= 0.6 is 0 Å². The number of benzene rings is 1. The van der Waals surface area contributed by atoms with Crippen molar-refractivity contribution in [3.05, 3.63) is 35.9 Å². The van der Waals surface area contributed by atoms with Gasteiger partial charge in [-0.15, -0.1) is 0 Å². The third kappa shape index (κ3) is 4.30. The maximum atomic E-state index is 12.2. The van der Waals surface area contributed by atoms with Crippen LogP contribution in [0.3, 0.4) is 0 Å². The van der Waals surface area contributed by atoms with E-state index in [2.05, 4.69) is 0 Å². The zero-order valence-corrected chi connectivity index (χ0v) is 16.3. The van der Waals surface area contributed by atoms with E-state index in [1.54, 1.807) is 18.7 Å². The molecule has 2 aliphatic rings. The minimum atomic E-state index is -0.895. The molecule has 1 aliphatic carbocycles. The fourth-order valence-electron chi connectivity index (χ4n) is 4.74. The number of aliphatic carboxylic acids is 1. The maximum absolute atomic E-state index is 12.2. The first kappa shape index (κ1) is 20.6. The van der Waals surface area contributed by atoms with Gasteiger partial charge in [-0.3, -0.25) is 14.4 Å². The molecule has 1 aromatic carbocycles. The minimum absolute atomic E-state index is 0.0890. The van der Waals surface area contributed by atoms with Crippen molar-refractivity contribution in [1.82, 2.24) is 4.90 Å². The number of hydrogen-bond donors (Lipinski definition) is 1. The lowest BCUT2D eigenvalue weighted by molar-refractivity contribution is -0.147. The molecule has 2 radical (unpaired) electrons. The number of nitrogens with zero attached hydrogens (tertiary/aromatic N) is 1. The molecular weight excluding hydrogens is 357 g/mol. The molecule has 4 unspecified atom stereocenters. The molecule has 0 bridgehead atoms. The number of ether oxygens (including phenoxy) is 1. The predicted molar refractivity (Wildman–Crippen MR) is 104 cm³/mol. The number of carbonyl (C=O) groups is 3. The summed E-state index contributed by atoms with van der Waals surface area (Å²) in [6.07, 6.45) is 1.49. The molecule has 0 aromatic heterocycles. The van der Waals surface area contributed by atoms with Gasteiger partial charge in [-0.05, 0) is 44.6 Å². The monoisotopic (exact) mass is 383 g/mol. The Morgan fingerprint density at radius 3 is 2.57 bits per heavy atom. The Hall–Kier alpha value is -2.15. The van der Waals surface area contributed by atoms with Crippen LogP contribution in [0.25, 0.3) is 0 Å². The fourth-order valence-corrected chi connectivity index (χ4v) is 4.74. The standard InChI is InChI=1S/C21H26BNO5/c1-21(2)23(20(22)27)17(10-13-6-4-3-5-7-13)18(28-21)12-14-11-15(24)8-9-16(14)19(25)26/h3-7,14,16-18H,8-12H2,1-2H3,(H,25,26). The molecule has 1 saturated carbocycles. The van der Waals surface area contributed by atoms with Crippen molar-refractivity contribution in [1.29, 1.82) is 0 Å². The van der Waals surface area contributed by atoms with Crippen molar-refractivity contribution in [2.45, 2.75) is 63.8 Å². The second kappa shape index (κ2) is 8.07. The Balaban J connectivity index is 1.87. The van der Waals surface area contributed by atoms with Gasteiger partial charge in [-0.25, -0.2) is 0 Å².